The average molecular weight is 965 g/mol. The van der Waals surface area contributed by atoms with Gasteiger partial charge in [-0.2, -0.15) is 0 Å². The lowest BCUT2D eigenvalue weighted by Gasteiger charge is -2.33. The quantitative estimate of drug-likeness (QED) is 0.113. The molecule has 0 heterocycles. The molecule has 0 radical (unpaired) electrons. The van der Waals surface area contributed by atoms with Gasteiger partial charge in [-0.1, -0.05) is 200 Å². The van der Waals surface area contributed by atoms with Gasteiger partial charge < -0.3 is 9.80 Å². The van der Waals surface area contributed by atoms with Gasteiger partial charge in [0, 0.05) is 33.5 Å². The third kappa shape index (κ3) is 8.64. The summed E-state index contributed by atoms with van der Waals surface area (Å²) in [6.07, 6.45) is 13.1. The number of anilines is 6. The van der Waals surface area contributed by atoms with Crippen molar-refractivity contribution in [1.29, 1.82) is 0 Å². The Morgan fingerprint density at radius 1 is 0.351 bits per heavy atom. The lowest BCUT2D eigenvalue weighted by atomic mass is 9.80. The highest BCUT2D eigenvalue weighted by atomic mass is 15.2. The Hall–Kier alpha value is -7.16. The van der Waals surface area contributed by atoms with Crippen LogP contribution in [0.2, 0.25) is 0 Å². The third-order valence-corrected chi connectivity index (χ3v) is 17.2. The smallest absolute Gasteiger partial charge is 0.0543 e. The molecule has 0 N–H and O–H groups in total. The average Bonchev–Trinajstić information content (AvgIpc) is 3.45. The van der Waals surface area contributed by atoms with Crippen LogP contribution in [0.4, 0.5) is 34.1 Å². The summed E-state index contributed by atoms with van der Waals surface area (Å²) in [4.78, 5) is 5.17. The van der Waals surface area contributed by atoms with E-state index in [2.05, 4.69) is 233 Å². The van der Waals surface area contributed by atoms with Gasteiger partial charge in [-0.25, -0.2) is 0 Å². The van der Waals surface area contributed by atoms with Gasteiger partial charge in [0.05, 0.1) is 11.4 Å². The number of aryl methyl sites for hydroxylation is 2. The predicted octanol–water partition coefficient (Wildman–Crippen LogP) is 21.8. The van der Waals surface area contributed by atoms with Crippen molar-refractivity contribution in [3.05, 3.63) is 215 Å². The molecule has 2 aliphatic carbocycles. The van der Waals surface area contributed by atoms with Crippen LogP contribution in [0.15, 0.2) is 182 Å². The van der Waals surface area contributed by atoms with Crippen LogP contribution in [-0.2, 0) is 0 Å². The minimum atomic E-state index is 0.289. The molecule has 0 aromatic heterocycles. The summed E-state index contributed by atoms with van der Waals surface area (Å²) in [5.41, 5.74) is 20.8. The summed E-state index contributed by atoms with van der Waals surface area (Å²) in [5, 5.41) is 7.92. The first kappa shape index (κ1) is 47.8. The molecule has 2 saturated carbocycles. The predicted molar refractivity (Wildman–Crippen MR) is 320 cm³/mol. The second-order valence-corrected chi connectivity index (χ2v) is 22.5. The van der Waals surface area contributed by atoms with E-state index in [1.54, 1.807) is 0 Å². The first-order chi connectivity index (χ1) is 36.2. The van der Waals surface area contributed by atoms with E-state index in [0.717, 1.165) is 11.4 Å². The highest BCUT2D eigenvalue weighted by molar-refractivity contribution is 6.29. The Bertz CT molecular complexity index is 3370. The standard InChI is InChI=1S/C72H72N2/c1-47(2)65-45-69(73(55-27-15-9-16-28-55)67-43-53(37-35-49(67)5)59-33-21-19-31-57(59)51-23-11-7-12-24-51)63-42-40-62-66(48(3)4)46-70(64-41-39-61(65)71(63)72(62)64)74(56-29-17-10-18-30-56)68-44-54(38-36-50(68)6)60-34-22-20-32-58(60)52-25-13-8-14-26-52/h9-10,15-22,27-48,51-52H,7-8,11-14,23-26H2,1-6H3. The fraction of sp³-hybridized carbons (Fsp3) is 0.278. The van der Waals surface area contributed by atoms with Crippen LogP contribution >= 0.6 is 0 Å². The van der Waals surface area contributed by atoms with Crippen LogP contribution < -0.4 is 9.80 Å². The summed E-state index contributed by atoms with van der Waals surface area (Å²) < 4.78 is 0. The molecule has 2 aliphatic rings. The summed E-state index contributed by atoms with van der Waals surface area (Å²) in [7, 11) is 0. The van der Waals surface area contributed by atoms with Crippen molar-refractivity contribution in [2.75, 3.05) is 9.80 Å². The molecule has 0 spiro atoms. The number of rotatable bonds is 12. The van der Waals surface area contributed by atoms with Crippen molar-refractivity contribution in [1.82, 2.24) is 0 Å². The van der Waals surface area contributed by atoms with E-state index in [-0.39, 0.29) is 11.8 Å². The van der Waals surface area contributed by atoms with Gasteiger partial charge in [-0.15, -0.1) is 0 Å². The third-order valence-electron chi connectivity index (χ3n) is 17.2. The Kier molecular flexibility index (Phi) is 13.1. The number of hydrogen-bond donors (Lipinski definition) is 0. The zero-order valence-electron chi connectivity index (χ0n) is 44.6. The van der Waals surface area contributed by atoms with Gasteiger partial charge >= 0.3 is 0 Å². The summed E-state index contributed by atoms with van der Waals surface area (Å²) >= 11 is 0. The molecule has 2 nitrogen and oxygen atoms in total. The summed E-state index contributed by atoms with van der Waals surface area (Å²) in [6.45, 7) is 14.1. The molecule has 370 valence electrons. The second kappa shape index (κ2) is 20.3. The monoisotopic (exact) mass is 965 g/mol. The van der Waals surface area contributed by atoms with E-state index < -0.39 is 0 Å². The first-order valence-corrected chi connectivity index (χ1v) is 28.1. The number of nitrogens with zero attached hydrogens (tertiary/aromatic N) is 2. The number of benzene rings is 10. The molecule has 10 aromatic carbocycles. The molecule has 12 rings (SSSR count). The maximum Gasteiger partial charge on any atom is 0.0543 e. The lowest BCUT2D eigenvalue weighted by Crippen LogP contribution is -2.14. The minimum Gasteiger partial charge on any atom is -0.310 e. The van der Waals surface area contributed by atoms with Crippen molar-refractivity contribution >= 4 is 66.4 Å². The zero-order valence-corrected chi connectivity index (χ0v) is 44.6. The van der Waals surface area contributed by atoms with Crippen LogP contribution in [0.5, 0.6) is 0 Å². The molecule has 0 unspecified atom stereocenters. The highest BCUT2D eigenvalue weighted by Crippen LogP contribution is 2.53. The molecular formula is C72H72N2. The lowest BCUT2D eigenvalue weighted by molar-refractivity contribution is 0.444. The van der Waals surface area contributed by atoms with E-state index in [9.17, 15) is 0 Å². The summed E-state index contributed by atoms with van der Waals surface area (Å²) in [6, 6.07) is 70.1. The molecule has 0 amide bonds. The molecule has 0 aliphatic heterocycles. The number of para-hydroxylation sites is 2. The van der Waals surface area contributed by atoms with Crippen LogP contribution in [0.25, 0.3) is 54.6 Å². The molecular weight excluding hydrogens is 893 g/mol. The van der Waals surface area contributed by atoms with Gasteiger partial charge in [0.2, 0.25) is 0 Å². The van der Waals surface area contributed by atoms with Crippen molar-refractivity contribution in [3.63, 3.8) is 0 Å². The Labute approximate surface area is 441 Å². The Morgan fingerprint density at radius 2 is 0.716 bits per heavy atom. The van der Waals surface area contributed by atoms with Crippen molar-refractivity contribution in [3.8, 4) is 22.3 Å². The molecule has 2 heteroatoms. The maximum atomic E-state index is 2.58. The second-order valence-electron chi connectivity index (χ2n) is 22.5. The van der Waals surface area contributed by atoms with Crippen LogP contribution in [-0.4, -0.2) is 0 Å². The van der Waals surface area contributed by atoms with Gasteiger partial charge in [-0.05, 0) is 189 Å². The minimum absolute atomic E-state index is 0.289. The van der Waals surface area contributed by atoms with Crippen molar-refractivity contribution < 1.29 is 0 Å². The van der Waals surface area contributed by atoms with Crippen LogP contribution in [0, 0.1) is 13.8 Å². The zero-order chi connectivity index (χ0) is 50.5. The fourth-order valence-electron chi connectivity index (χ4n) is 13.4. The van der Waals surface area contributed by atoms with E-state index >= 15 is 0 Å². The maximum absolute atomic E-state index is 2.58. The molecule has 2 fully saturated rings. The number of hydrogen-bond acceptors (Lipinski definition) is 2. The van der Waals surface area contributed by atoms with Crippen molar-refractivity contribution in [2.45, 2.75) is 129 Å². The highest BCUT2D eigenvalue weighted by Gasteiger charge is 2.28. The van der Waals surface area contributed by atoms with E-state index in [0.29, 0.717) is 11.8 Å². The Balaban J connectivity index is 1.11. The van der Waals surface area contributed by atoms with Gasteiger partial charge in [0.15, 0.2) is 0 Å². The molecule has 0 saturated heterocycles. The Morgan fingerprint density at radius 3 is 1.11 bits per heavy atom. The molecule has 74 heavy (non-hydrogen) atoms. The summed E-state index contributed by atoms with van der Waals surface area (Å²) in [5.74, 6) is 1.79. The van der Waals surface area contributed by atoms with E-state index in [1.807, 2.05) is 0 Å². The normalized spacial score (nSPS) is 14.8. The van der Waals surface area contributed by atoms with Crippen LogP contribution in [0.3, 0.4) is 0 Å². The largest absolute Gasteiger partial charge is 0.310 e. The van der Waals surface area contributed by atoms with Crippen molar-refractivity contribution in [2.24, 2.45) is 0 Å². The van der Waals surface area contributed by atoms with Gasteiger partial charge in [-0.3, -0.25) is 0 Å². The topological polar surface area (TPSA) is 6.48 Å². The fourth-order valence-corrected chi connectivity index (χ4v) is 13.4. The van der Waals surface area contributed by atoms with E-state index in [1.165, 1.54) is 175 Å². The molecule has 0 bridgehead atoms. The van der Waals surface area contributed by atoms with Gasteiger partial charge in [0.25, 0.3) is 0 Å². The first-order valence-electron chi connectivity index (χ1n) is 28.1. The SMILES string of the molecule is Cc1ccc(-c2ccccc2C2CCCCC2)cc1N(c1ccccc1)c1cc(C(C)C)c2ccc3c(N(c4ccccc4)c4cc(-c5ccccc5C5CCCCC5)ccc4C)cc(C(C)C)c4ccc1c2c43. The van der Waals surface area contributed by atoms with Gasteiger partial charge in [0.1, 0.15) is 0 Å². The van der Waals surface area contributed by atoms with Crippen LogP contribution in [0.1, 0.15) is 149 Å². The molecule has 10 aromatic rings. The molecule has 0 atom stereocenters. The van der Waals surface area contributed by atoms with E-state index in [4.69, 9.17) is 0 Å².